The molecule has 0 aromatic heterocycles. The van der Waals surface area contributed by atoms with Crippen LogP contribution in [0.2, 0.25) is 5.02 Å². The number of amides is 2. The molecule has 0 saturated carbocycles. The fourth-order valence-electron chi connectivity index (χ4n) is 3.19. The predicted molar refractivity (Wildman–Crippen MR) is 105 cm³/mol. The lowest BCUT2D eigenvalue weighted by molar-refractivity contribution is -0.126. The van der Waals surface area contributed by atoms with Crippen LogP contribution in [0.5, 0.6) is 0 Å². The van der Waals surface area contributed by atoms with E-state index in [1.54, 1.807) is 4.90 Å². The number of nitrogens with zero attached hydrogens (tertiary/aromatic N) is 1. The number of halogens is 1. The lowest BCUT2D eigenvalue weighted by Gasteiger charge is -2.18. The van der Waals surface area contributed by atoms with Gasteiger partial charge in [-0.2, -0.15) is 0 Å². The van der Waals surface area contributed by atoms with Gasteiger partial charge in [-0.3, -0.25) is 9.59 Å². The third-order valence-corrected chi connectivity index (χ3v) is 5.14. The van der Waals surface area contributed by atoms with Crippen LogP contribution >= 0.6 is 11.6 Å². The van der Waals surface area contributed by atoms with Crippen molar-refractivity contribution in [3.05, 3.63) is 64.2 Å². The van der Waals surface area contributed by atoms with Crippen LogP contribution in [0, 0.1) is 19.8 Å². The third kappa shape index (κ3) is 4.25. The highest BCUT2D eigenvalue weighted by Gasteiger charge is 2.35. The van der Waals surface area contributed by atoms with E-state index < -0.39 is 0 Å². The van der Waals surface area contributed by atoms with Gasteiger partial charge in [0.05, 0.1) is 5.92 Å². The van der Waals surface area contributed by atoms with Crippen molar-refractivity contribution in [1.82, 2.24) is 5.32 Å². The molecule has 1 saturated heterocycles. The quantitative estimate of drug-likeness (QED) is 0.873. The molecule has 3 rings (SSSR count). The average molecular weight is 371 g/mol. The number of aryl methyl sites for hydroxylation is 2. The van der Waals surface area contributed by atoms with Gasteiger partial charge in [0.25, 0.3) is 0 Å². The van der Waals surface area contributed by atoms with Gasteiger partial charge in [0, 0.05) is 30.2 Å². The minimum absolute atomic E-state index is 0.00300. The van der Waals surface area contributed by atoms with Gasteiger partial charge in [-0.1, -0.05) is 29.8 Å². The van der Waals surface area contributed by atoms with Gasteiger partial charge < -0.3 is 10.2 Å². The van der Waals surface area contributed by atoms with E-state index in [2.05, 4.69) is 5.32 Å². The molecule has 136 valence electrons. The summed E-state index contributed by atoms with van der Waals surface area (Å²) >= 11 is 5.97. The highest BCUT2D eigenvalue weighted by molar-refractivity contribution is 6.30. The molecule has 1 N–H and O–H groups in total. The Bertz CT molecular complexity index is 835. The molecule has 2 amide bonds. The molecule has 1 fully saturated rings. The Morgan fingerprint density at radius 1 is 1.19 bits per heavy atom. The Hall–Kier alpha value is -2.33. The van der Waals surface area contributed by atoms with Gasteiger partial charge in [0.15, 0.2) is 0 Å². The fraction of sp³-hybridized carbons (Fsp3) is 0.333. The normalized spacial score (nSPS) is 16.8. The Labute approximate surface area is 159 Å². The topological polar surface area (TPSA) is 49.4 Å². The van der Waals surface area contributed by atoms with Crippen LogP contribution in [0.1, 0.15) is 23.1 Å². The number of benzene rings is 2. The molecule has 1 aliphatic rings. The zero-order valence-electron chi connectivity index (χ0n) is 15.1. The maximum absolute atomic E-state index is 12.4. The zero-order chi connectivity index (χ0) is 18.7. The number of carbonyl (C=O) groups excluding carboxylic acids is 2. The van der Waals surface area contributed by atoms with Gasteiger partial charge in [0.2, 0.25) is 11.8 Å². The number of carbonyl (C=O) groups is 2. The SMILES string of the molecule is Cc1ccc(N2CC(C(=O)NCCc3cccc(Cl)c3)CC2=O)cc1C. The van der Waals surface area contributed by atoms with Crippen molar-refractivity contribution in [2.24, 2.45) is 5.92 Å². The molecule has 1 unspecified atom stereocenters. The Kier molecular flexibility index (Phi) is 5.62. The van der Waals surface area contributed by atoms with Crippen molar-refractivity contribution < 1.29 is 9.59 Å². The number of rotatable bonds is 5. The molecule has 2 aromatic rings. The standard InChI is InChI=1S/C21H23ClN2O2/c1-14-6-7-19(10-15(14)2)24-13-17(12-20(24)25)21(26)23-9-8-16-4-3-5-18(22)11-16/h3-7,10-11,17H,8-9,12-13H2,1-2H3,(H,23,26). The van der Waals surface area contributed by atoms with E-state index >= 15 is 0 Å². The summed E-state index contributed by atoms with van der Waals surface area (Å²) in [5, 5.41) is 3.64. The minimum Gasteiger partial charge on any atom is -0.355 e. The Morgan fingerprint density at radius 3 is 2.73 bits per heavy atom. The first-order valence-electron chi connectivity index (χ1n) is 8.84. The molecule has 4 nitrogen and oxygen atoms in total. The summed E-state index contributed by atoms with van der Waals surface area (Å²) in [6, 6.07) is 13.6. The molecular formula is C21H23ClN2O2. The smallest absolute Gasteiger partial charge is 0.227 e. The molecule has 1 heterocycles. The monoisotopic (exact) mass is 370 g/mol. The van der Waals surface area contributed by atoms with Gasteiger partial charge in [-0.15, -0.1) is 0 Å². The first-order chi connectivity index (χ1) is 12.4. The van der Waals surface area contributed by atoms with Gasteiger partial charge >= 0.3 is 0 Å². The predicted octanol–water partition coefficient (Wildman–Crippen LogP) is 3.67. The summed E-state index contributed by atoms with van der Waals surface area (Å²) < 4.78 is 0. The first-order valence-corrected chi connectivity index (χ1v) is 9.21. The molecule has 0 spiro atoms. The average Bonchev–Trinajstić information content (AvgIpc) is 2.99. The second-order valence-electron chi connectivity index (χ2n) is 6.84. The summed E-state index contributed by atoms with van der Waals surface area (Å²) in [6.45, 7) is 5.04. The summed E-state index contributed by atoms with van der Waals surface area (Å²) in [4.78, 5) is 26.5. The minimum atomic E-state index is -0.302. The van der Waals surface area contributed by atoms with Crippen molar-refractivity contribution >= 4 is 29.1 Å². The molecule has 0 bridgehead atoms. The maximum Gasteiger partial charge on any atom is 0.227 e. The van der Waals surface area contributed by atoms with Crippen LogP contribution < -0.4 is 10.2 Å². The molecule has 0 aliphatic carbocycles. The lowest BCUT2D eigenvalue weighted by Crippen LogP contribution is -2.34. The van der Waals surface area contributed by atoms with E-state index in [0.29, 0.717) is 24.5 Å². The van der Waals surface area contributed by atoms with Crippen LogP contribution in [-0.4, -0.2) is 24.9 Å². The first kappa shape index (κ1) is 18.5. The van der Waals surface area contributed by atoms with Crippen molar-refractivity contribution in [2.75, 3.05) is 18.0 Å². The second-order valence-corrected chi connectivity index (χ2v) is 7.28. The maximum atomic E-state index is 12.4. The molecule has 26 heavy (non-hydrogen) atoms. The van der Waals surface area contributed by atoms with Crippen molar-refractivity contribution in [3.63, 3.8) is 0 Å². The number of hydrogen-bond donors (Lipinski definition) is 1. The van der Waals surface area contributed by atoms with Gasteiger partial charge in [-0.05, 0) is 61.2 Å². The zero-order valence-corrected chi connectivity index (χ0v) is 15.8. The van der Waals surface area contributed by atoms with E-state index in [-0.39, 0.29) is 24.2 Å². The van der Waals surface area contributed by atoms with E-state index in [0.717, 1.165) is 16.8 Å². The highest BCUT2D eigenvalue weighted by Crippen LogP contribution is 2.27. The van der Waals surface area contributed by atoms with Crippen molar-refractivity contribution in [3.8, 4) is 0 Å². The lowest BCUT2D eigenvalue weighted by atomic mass is 10.1. The van der Waals surface area contributed by atoms with Crippen molar-refractivity contribution in [1.29, 1.82) is 0 Å². The molecule has 0 radical (unpaired) electrons. The number of anilines is 1. The molecule has 5 heteroatoms. The molecular weight excluding hydrogens is 348 g/mol. The highest BCUT2D eigenvalue weighted by atomic mass is 35.5. The van der Waals surface area contributed by atoms with E-state index in [1.165, 1.54) is 5.56 Å². The molecule has 2 aromatic carbocycles. The number of hydrogen-bond acceptors (Lipinski definition) is 2. The largest absolute Gasteiger partial charge is 0.355 e. The van der Waals surface area contributed by atoms with Crippen LogP contribution in [0.25, 0.3) is 0 Å². The summed E-state index contributed by atoms with van der Waals surface area (Å²) in [7, 11) is 0. The van der Waals surface area contributed by atoms with Crippen LogP contribution in [0.15, 0.2) is 42.5 Å². The van der Waals surface area contributed by atoms with Crippen LogP contribution in [0.4, 0.5) is 5.69 Å². The summed E-state index contributed by atoms with van der Waals surface area (Å²) in [5.41, 5.74) is 4.28. The molecule has 1 atom stereocenters. The molecule has 1 aliphatic heterocycles. The Balaban J connectivity index is 1.55. The second kappa shape index (κ2) is 7.92. The van der Waals surface area contributed by atoms with E-state index in [9.17, 15) is 9.59 Å². The Morgan fingerprint density at radius 2 is 2.00 bits per heavy atom. The number of nitrogens with one attached hydrogen (secondary N) is 1. The van der Waals surface area contributed by atoms with Crippen molar-refractivity contribution in [2.45, 2.75) is 26.7 Å². The fourth-order valence-corrected chi connectivity index (χ4v) is 3.41. The van der Waals surface area contributed by atoms with Gasteiger partial charge in [0.1, 0.15) is 0 Å². The van der Waals surface area contributed by atoms with Gasteiger partial charge in [-0.25, -0.2) is 0 Å². The summed E-state index contributed by atoms with van der Waals surface area (Å²) in [6.07, 6.45) is 0.976. The third-order valence-electron chi connectivity index (χ3n) is 4.90. The van der Waals surface area contributed by atoms with E-state index in [1.807, 2.05) is 56.3 Å². The van der Waals surface area contributed by atoms with Crippen LogP contribution in [-0.2, 0) is 16.0 Å². The van der Waals surface area contributed by atoms with E-state index in [4.69, 9.17) is 11.6 Å². The van der Waals surface area contributed by atoms with Crippen LogP contribution in [0.3, 0.4) is 0 Å². The summed E-state index contributed by atoms with van der Waals surface area (Å²) in [5.74, 6) is -0.363.